The Morgan fingerprint density at radius 1 is 1.42 bits per heavy atom. The van der Waals surface area contributed by atoms with Gasteiger partial charge in [-0.2, -0.15) is 0 Å². The van der Waals surface area contributed by atoms with Crippen LogP contribution in [0.2, 0.25) is 0 Å². The summed E-state index contributed by atoms with van der Waals surface area (Å²) in [5.41, 5.74) is 3.23. The molecule has 0 spiro atoms. The van der Waals surface area contributed by atoms with E-state index in [0.717, 1.165) is 23.3 Å². The molecule has 0 atom stereocenters. The fourth-order valence-corrected chi connectivity index (χ4v) is 1.43. The van der Waals surface area contributed by atoms with Crippen molar-refractivity contribution < 1.29 is 0 Å². The highest BCUT2D eigenvalue weighted by Gasteiger charge is 2.03. The molecule has 0 aliphatic rings. The van der Waals surface area contributed by atoms with Crippen LogP contribution in [0.1, 0.15) is 12.6 Å². The van der Waals surface area contributed by atoms with Crippen LogP contribution in [-0.4, -0.2) is 14.5 Å². The van der Waals surface area contributed by atoms with Crippen LogP contribution in [0.25, 0.3) is 11.0 Å². The first-order valence-corrected chi connectivity index (χ1v) is 4.09. The number of aromatic nitrogens is 3. The zero-order valence-corrected chi connectivity index (χ0v) is 7.28. The normalized spacial score (nSPS) is 10.8. The first-order chi connectivity index (χ1) is 5.83. The summed E-state index contributed by atoms with van der Waals surface area (Å²) in [7, 11) is 0. The van der Waals surface area contributed by atoms with E-state index in [0.29, 0.717) is 0 Å². The number of hydrogen-bond donors (Lipinski definition) is 0. The van der Waals surface area contributed by atoms with Gasteiger partial charge in [-0.3, -0.25) is 4.98 Å². The Balaban J connectivity index is 2.83. The van der Waals surface area contributed by atoms with E-state index in [9.17, 15) is 0 Å². The summed E-state index contributed by atoms with van der Waals surface area (Å²) in [4.78, 5) is 8.50. The van der Waals surface area contributed by atoms with Crippen LogP contribution in [0.5, 0.6) is 0 Å². The van der Waals surface area contributed by atoms with Gasteiger partial charge in [-0.15, -0.1) is 0 Å². The first-order valence-electron chi connectivity index (χ1n) is 4.09. The number of hydrogen-bond acceptors (Lipinski definition) is 2. The molecule has 0 unspecified atom stereocenters. The van der Waals surface area contributed by atoms with Crippen molar-refractivity contribution in [3.8, 4) is 0 Å². The zero-order valence-electron chi connectivity index (χ0n) is 7.28. The topological polar surface area (TPSA) is 30.7 Å². The average Bonchev–Trinajstić information content (AvgIpc) is 2.49. The van der Waals surface area contributed by atoms with E-state index in [4.69, 9.17) is 0 Å². The molecule has 3 nitrogen and oxygen atoms in total. The van der Waals surface area contributed by atoms with E-state index in [-0.39, 0.29) is 0 Å². The maximum Gasteiger partial charge on any atom is 0.0958 e. The molecule has 2 heterocycles. The van der Waals surface area contributed by atoms with E-state index in [1.807, 2.05) is 19.3 Å². The van der Waals surface area contributed by atoms with E-state index < -0.39 is 0 Å². The number of pyridine rings is 1. The summed E-state index contributed by atoms with van der Waals surface area (Å²) in [5.74, 6) is 0. The maximum atomic E-state index is 4.27. The average molecular weight is 161 g/mol. The zero-order chi connectivity index (χ0) is 8.55. The lowest BCUT2D eigenvalue weighted by atomic mass is 10.3. The van der Waals surface area contributed by atoms with E-state index >= 15 is 0 Å². The quantitative estimate of drug-likeness (QED) is 0.638. The first kappa shape index (κ1) is 7.28. The molecule has 62 valence electrons. The van der Waals surface area contributed by atoms with Crippen molar-refractivity contribution in [2.24, 2.45) is 0 Å². The van der Waals surface area contributed by atoms with Crippen molar-refractivity contribution >= 4 is 11.0 Å². The standard InChI is InChI=1S/C9H11N3/c1-3-12-6-11-8-4-5-10-7(2)9(8)12/h4-6H,3H2,1-2H3. The molecular weight excluding hydrogens is 150 g/mol. The molecule has 0 aliphatic heterocycles. The lowest BCUT2D eigenvalue weighted by molar-refractivity contribution is 0.783. The van der Waals surface area contributed by atoms with Gasteiger partial charge in [-0.1, -0.05) is 0 Å². The van der Waals surface area contributed by atoms with Gasteiger partial charge < -0.3 is 4.57 Å². The fourth-order valence-electron chi connectivity index (χ4n) is 1.43. The van der Waals surface area contributed by atoms with Crippen molar-refractivity contribution in [3.05, 3.63) is 24.3 Å². The Hall–Kier alpha value is -1.38. The number of imidazole rings is 1. The molecule has 3 heteroatoms. The van der Waals surface area contributed by atoms with Gasteiger partial charge in [0.25, 0.3) is 0 Å². The molecule has 0 saturated heterocycles. The summed E-state index contributed by atoms with van der Waals surface area (Å²) in [6.07, 6.45) is 3.66. The molecule has 0 bridgehead atoms. The lowest BCUT2D eigenvalue weighted by Crippen LogP contribution is -1.93. The second kappa shape index (κ2) is 2.59. The molecule has 2 rings (SSSR count). The molecule has 2 aromatic heterocycles. The monoisotopic (exact) mass is 161 g/mol. The van der Waals surface area contributed by atoms with Crippen LogP contribution in [0.15, 0.2) is 18.6 Å². The highest BCUT2D eigenvalue weighted by molar-refractivity contribution is 5.76. The maximum absolute atomic E-state index is 4.27. The Morgan fingerprint density at radius 3 is 3.00 bits per heavy atom. The predicted octanol–water partition coefficient (Wildman–Crippen LogP) is 1.76. The summed E-state index contributed by atoms with van der Waals surface area (Å²) < 4.78 is 2.11. The van der Waals surface area contributed by atoms with Gasteiger partial charge in [-0.25, -0.2) is 4.98 Å². The predicted molar refractivity (Wildman–Crippen MR) is 47.9 cm³/mol. The number of fused-ring (bicyclic) bond motifs is 1. The molecule has 0 fully saturated rings. The van der Waals surface area contributed by atoms with Gasteiger partial charge in [0.15, 0.2) is 0 Å². The van der Waals surface area contributed by atoms with Crippen LogP contribution < -0.4 is 0 Å². The van der Waals surface area contributed by atoms with Crippen LogP contribution >= 0.6 is 0 Å². The molecule has 0 N–H and O–H groups in total. The van der Waals surface area contributed by atoms with Gasteiger partial charge in [0, 0.05) is 12.7 Å². The third-order valence-corrected chi connectivity index (χ3v) is 2.05. The Kier molecular flexibility index (Phi) is 1.57. The SMILES string of the molecule is CCn1cnc2ccnc(C)c21. The highest BCUT2D eigenvalue weighted by atomic mass is 15.0. The van der Waals surface area contributed by atoms with Crippen molar-refractivity contribution in [1.82, 2.24) is 14.5 Å². The summed E-state index contributed by atoms with van der Waals surface area (Å²) in [5, 5.41) is 0. The van der Waals surface area contributed by atoms with E-state index in [2.05, 4.69) is 21.5 Å². The lowest BCUT2D eigenvalue weighted by Gasteiger charge is -2.00. The highest BCUT2D eigenvalue weighted by Crippen LogP contribution is 2.14. The van der Waals surface area contributed by atoms with Crippen molar-refractivity contribution in [3.63, 3.8) is 0 Å². The number of nitrogens with zero attached hydrogens (tertiary/aromatic N) is 3. The molecule has 0 saturated carbocycles. The van der Waals surface area contributed by atoms with Gasteiger partial charge in [-0.05, 0) is 19.9 Å². The second-order valence-corrected chi connectivity index (χ2v) is 2.79. The molecule has 2 aromatic rings. The van der Waals surface area contributed by atoms with E-state index in [1.165, 1.54) is 0 Å². The van der Waals surface area contributed by atoms with Crippen LogP contribution in [0.4, 0.5) is 0 Å². The summed E-state index contributed by atoms with van der Waals surface area (Å²) in [6, 6.07) is 1.94. The van der Waals surface area contributed by atoms with Gasteiger partial charge in [0.2, 0.25) is 0 Å². The second-order valence-electron chi connectivity index (χ2n) is 2.79. The Labute approximate surface area is 71.1 Å². The summed E-state index contributed by atoms with van der Waals surface area (Å²) >= 11 is 0. The molecule has 12 heavy (non-hydrogen) atoms. The van der Waals surface area contributed by atoms with Crippen molar-refractivity contribution in [2.45, 2.75) is 20.4 Å². The van der Waals surface area contributed by atoms with Crippen LogP contribution in [-0.2, 0) is 6.54 Å². The summed E-state index contributed by atoms with van der Waals surface area (Å²) in [6.45, 7) is 5.06. The fraction of sp³-hybridized carbons (Fsp3) is 0.333. The third-order valence-electron chi connectivity index (χ3n) is 2.05. The molecule has 0 aliphatic carbocycles. The number of rotatable bonds is 1. The smallest absolute Gasteiger partial charge is 0.0958 e. The van der Waals surface area contributed by atoms with Crippen LogP contribution in [0, 0.1) is 6.92 Å². The minimum atomic E-state index is 0.947. The Morgan fingerprint density at radius 2 is 2.25 bits per heavy atom. The van der Waals surface area contributed by atoms with Crippen LogP contribution in [0.3, 0.4) is 0 Å². The van der Waals surface area contributed by atoms with Crippen molar-refractivity contribution in [1.29, 1.82) is 0 Å². The third kappa shape index (κ3) is 0.897. The molecule has 0 aromatic carbocycles. The minimum Gasteiger partial charge on any atom is -0.329 e. The minimum absolute atomic E-state index is 0.947. The van der Waals surface area contributed by atoms with Gasteiger partial charge in [0.1, 0.15) is 0 Å². The van der Waals surface area contributed by atoms with Gasteiger partial charge >= 0.3 is 0 Å². The van der Waals surface area contributed by atoms with Crippen molar-refractivity contribution in [2.75, 3.05) is 0 Å². The number of aryl methyl sites for hydroxylation is 2. The molecular formula is C9H11N3. The Bertz CT molecular complexity index is 403. The largest absolute Gasteiger partial charge is 0.329 e. The van der Waals surface area contributed by atoms with Gasteiger partial charge in [0.05, 0.1) is 23.1 Å². The molecule has 0 amide bonds. The molecule has 0 radical (unpaired) electrons. The van der Waals surface area contributed by atoms with E-state index in [1.54, 1.807) is 6.20 Å².